The van der Waals surface area contributed by atoms with Gasteiger partial charge in [-0.25, -0.2) is 4.79 Å². The van der Waals surface area contributed by atoms with Gasteiger partial charge >= 0.3 is 18.3 Å². The van der Waals surface area contributed by atoms with Crippen molar-refractivity contribution < 1.29 is 35.9 Å². The Bertz CT molecular complexity index is 728. The second-order valence-electron chi connectivity index (χ2n) is 5.09. The summed E-state index contributed by atoms with van der Waals surface area (Å²) in [4.78, 5) is 11.5. The molecule has 0 aromatic heterocycles. The van der Waals surface area contributed by atoms with Crippen molar-refractivity contribution in [2.24, 2.45) is 0 Å². The van der Waals surface area contributed by atoms with E-state index in [0.29, 0.717) is 12.1 Å². The zero-order valence-corrected chi connectivity index (χ0v) is 12.8. The van der Waals surface area contributed by atoms with Crippen LogP contribution in [0.1, 0.15) is 28.4 Å². The van der Waals surface area contributed by atoms with E-state index < -0.39 is 29.4 Å². The fraction of sp³-hybridized carbons (Fsp3) is 0.235. The molecule has 134 valence electrons. The number of carbonyl (C=O) groups is 1. The molecule has 0 aliphatic carbocycles. The van der Waals surface area contributed by atoms with Gasteiger partial charge in [0.15, 0.2) is 0 Å². The molecular weight excluding hydrogens is 350 g/mol. The van der Waals surface area contributed by atoms with Gasteiger partial charge in [0.2, 0.25) is 0 Å². The van der Waals surface area contributed by atoms with E-state index in [9.17, 15) is 31.1 Å². The summed E-state index contributed by atoms with van der Waals surface area (Å²) in [7, 11) is 0. The lowest BCUT2D eigenvalue weighted by Gasteiger charge is -2.14. The maximum Gasteiger partial charge on any atom is 0.416 e. The fourth-order valence-electron chi connectivity index (χ4n) is 2.13. The van der Waals surface area contributed by atoms with Crippen LogP contribution in [0.25, 0.3) is 11.1 Å². The second-order valence-corrected chi connectivity index (χ2v) is 5.09. The average Bonchev–Trinajstić information content (AvgIpc) is 2.53. The van der Waals surface area contributed by atoms with Gasteiger partial charge in [0, 0.05) is 0 Å². The molecule has 0 radical (unpaired) electrons. The van der Waals surface area contributed by atoms with Gasteiger partial charge in [0.1, 0.15) is 0 Å². The number of alkyl halides is 6. The smallest absolute Gasteiger partial charge is 0.416 e. The fourth-order valence-corrected chi connectivity index (χ4v) is 2.13. The van der Waals surface area contributed by atoms with Crippen LogP contribution < -0.4 is 0 Å². The van der Waals surface area contributed by atoms with Gasteiger partial charge in [-0.3, -0.25) is 0 Å². The molecule has 0 saturated carbocycles. The largest absolute Gasteiger partial charge is 0.462 e. The van der Waals surface area contributed by atoms with Crippen LogP contribution in [0.15, 0.2) is 42.5 Å². The summed E-state index contributed by atoms with van der Waals surface area (Å²) in [5.74, 6) is -0.630. The number of esters is 1. The summed E-state index contributed by atoms with van der Waals surface area (Å²) in [5.41, 5.74) is -2.78. The number of carbonyl (C=O) groups excluding carboxylic acids is 1. The van der Waals surface area contributed by atoms with E-state index in [0.717, 1.165) is 0 Å². The number of hydrogen-bond donors (Lipinski definition) is 0. The lowest BCUT2D eigenvalue weighted by molar-refractivity contribution is -0.143. The lowest BCUT2D eigenvalue weighted by Crippen LogP contribution is -2.11. The Hall–Kier alpha value is -2.51. The molecule has 0 fully saturated rings. The van der Waals surface area contributed by atoms with E-state index in [4.69, 9.17) is 4.74 Å². The first kappa shape index (κ1) is 18.8. The highest BCUT2D eigenvalue weighted by Crippen LogP contribution is 2.38. The SMILES string of the molecule is CCOC(=O)c1ccc(-c2cc(C(F)(F)F)cc(C(F)(F)F)c2)cc1. The van der Waals surface area contributed by atoms with Crippen LogP contribution in [-0.2, 0) is 17.1 Å². The van der Waals surface area contributed by atoms with Gasteiger partial charge in [-0.15, -0.1) is 0 Å². The highest BCUT2D eigenvalue weighted by atomic mass is 19.4. The number of ether oxygens (including phenoxy) is 1. The van der Waals surface area contributed by atoms with Gasteiger partial charge in [-0.2, -0.15) is 26.3 Å². The number of rotatable bonds is 3. The normalized spacial score (nSPS) is 12.1. The van der Waals surface area contributed by atoms with Gasteiger partial charge in [0.05, 0.1) is 23.3 Å². The Kier molecular flexibility index (Phi) is 5.10. The van der Waals surface area contributed by atoms with Crippen molar-refractivity contribution in [3.8, 4) is 11.1 Å². The molecule has 2 aromatic rings. The molecule has 0 bridgehead atoms. The molecule has 2 aromatic carbocycles. The van der Waals surface area contributed by atoms with Crippen molar-refractivity contribution in [2.45, 2.75) is 19.3 Å². The number of hydrogen-bond acceptors (Lipinski definition) is 2. The molecule has 0 amide bonds. The molecule has 0 N–H and O–H groups in total. The predicted octanol–water partition coefficient (Wildman–Crippen LogP) is 5.57. The van der Waals surface area contributed by atoms with Crippen molar-refractivity contribution in [2.75, 3.05) is 6.61 Å². The third-order valence-electron chi connectivity index (χ3n) is 3.32. The van der Waals surface area contributed by atoms with Crippen LogP contribution in [0.3, 0.4) is 0 Å². The van der Waals surface area contributed by atoms with Crippen LogP contribution in [0, 0.1) is 0 Å². The quantitative estimate of drug-likeness (QED) is 0.527. The molecular formula is C17H12F6O2. The van der Waals surface area contributed by atoms with Gasteiger partial charge in [0.25, 0.3) is 0 Å². The van der Waals surface area contributed by atoms with Gasteiger partial charge < -0.3 is 4.74 Å². The van der Waals surface area contributed by atoms with E-state index in [2.05, 4.69) is 0 Å². The molecule has 8 heteroatoms. The Morgan fingerprint density at radius 2 is 1.32 bits per heavy atom. The maximum atomic E-state index is 12.9. The first-order valence-electron chi connectivity index (χ1n) is 7.09. The summed E-state index contributed by atoms with van der Waals surface area (Å²) in [6.45, 7) is 1.75. The third kappa shape index (κ3) is 4.52. The highest BCUT2D eigenvalue weighted by Gasteiger charge is 2.37. The van der Waals surface area contributed by atoms with E-state index in [1.807, 2.05) is 0 Å². The molecule has 0 aliphatic rings. The summed E-state index contributed by atoms with van der Waals surface area (Å²) < 4.78 is 82.0. The van der Waals surface area contributed by atoms with Crippen LogP contribution >= 0.6 is 0 Å². The van der Waals surface area contributed by atoms with Crippen molar-refractivity contribution >= 4 is 5.97 Å². The van der Waals surface area contributed by atoms with Crippen molar-refractivity contribution in [3.63, 3.8) is 0 Å². The zero-order valence-electron chi connectivity index (χ0n) is 12.8. The molecule has 2 nitrogen and oxygen atoms in total. The summed E-state index contributed by atoms with van der Waals surface area (Å²) in [5, 5.41) is 0. The summed E-state index contributed by atoms with van der Waals surface area (Å²) in [6.07, 6.45) is -9.83. The summed E-state index contributed by atoms with van der Waals surface area (Å²) in [6, 6.07) is 6.42. The Morgan fingerprint density at radius 1 is 0.840 bits per heavy atom. The second kappa shape index (κ2) is 6.78. The molecule has 0 aliphatic heterocycles. The van der Waals surface area contributed by atoms with E-state index in [1.165, 1.54) is 24.3 Å². The zero-order chi connectivity index (χ0) is 18.8. The average molecular weight is 362 g/mol. The first-order chi connectivity index (χ1) is 11.5. The van der Waals surface area contributed by atoms with Gasteiger partial charge in [-0.1, -0.05) is 12.1 Å². The van der Waals surface area contributed by atoms with Crippen molar-refractivity contribution in [1.29, 1.82) is 0 Å². The minimum absolute atomic E-state index is 0.0660. The van der Waals surface area contributed by atoms with Crippen LogP contribution in [0.4, 0.5) is 26.3 Å². The van der Waals surface area contributed by atoms with Crippen LogP contribution in [-0.4, -0.2) is 12.6 Å². The third-order valence-corrected chi connectivity index (χ3v) is 3.32. The molecule has 0 saturated heterocycles. The Morgan fingerprint density at radius 3 is 1.72 bits per heavy atom. The molecule has 0 heterocycles. The molecule has 0 atom stereocenters. The van der Waals surface area contributed by atoms with Gasteiger partial charge in [-0.05, 0) is 48.4 Å². The molecule has 0 spiro atoms. The molecule has 2 rings (SSSR count). The predicted molar refractivity (Wildman–Crippen MR) is 77.8 cm³/mol. The number of halogens is 6. The minimum atomic E-state index is -4.92. The molecule has 0 unspecified atom stereocenters. The number of benzene rings is 2. The Labute approximate surface area is 139 Å². The lowest BCUT2D eigenvalue weighted by atomic mass is 9.98. The highest BCUT2D eigenvalue weighted by molar-refractivity contribution is 5.90. The monoisotopic (exact) mass is 362 g/mol. The van der Waals surface area contributed by atoms with Crippen LogP contribution in [0.2, 0.25) is 0 Å². The van der Waals surface area contributed by atoms with Crippen molar-refractivity contribution in [1.82, 2.24) is 0 Å². The van der Waals surface area contributed by atoms with Crippen molar-refractivity contribution in [3.05, 3.63) is 59.2 Å². The molecule has 25 heavy (non-hydrogen) atoms. The topological polar surface area (TPSA) is 26.3 Å². The standard InChI is InChI=1S/C17H12F6O2/c1-2-25-15(24)11-5-3-10(4-6-11)12-7-13(16(18,19)20)9-14(8-12)17(21,22)23/h3-9H,2H2,1H3. The Balaban J connectivity index is 2.49. The summed E-state index contributed by atoms with van der Waals surface area (Å²) >= 11 is 0. The van der Waals surface area contributed by atoms with E-state index in [1.54, 1.807) is 6.92 Å². The van der Waals surface area contributed by atoms with Crippen LogP contribution in [0.5, 0.6) is 0 Å². The maximum absolute atomic E-state index is 12.9. The first-order valence-corrected chi connectivity index (χ1v) is 7.09. The van der Waals surface area contributed by atoms with E-state index in [-0.39, 0.29) is 29.4 Å². The minimum Gasteiger partial charge on any atom is -0.462 e. The van der Waals surface area contributed by atoms with E-state index >= 15 is 0 Å².